The Kier molecular flexibility index (Phi) is 6.32. The monoisotopic (exact) mass is 623 g/mol. The summed E-state index contributed by atoms with van der Waals surface area (Å²) >= 11 is 0. The van der Waals surface area contributed by atoms with E-state index in [4.69, 9.17) is 4.99 Å². The van der Waals surface area contributed by atoms with E-state index in [2.05, 4.69) is 146 Å². The third-order valence-electron chi connectivity index (χ3n) is 10.3. The van der Waals surface area contributed by atoms with E-state index in [1.54, 1.807) is 0 Å². The zero-order valence-corrected chi connectivity index (χ0v) is 27.1. The number of halogens is 1. The molecule has 2 aliphatic rings. The summed E-state index contributed by atoms with van der Waals surface area (Å²) in [5.74, 6) is -0.262. The highest BCUT2D eigenvalue weighted by molar-refractivity contribution is 6.20. The molecule has 1 atom stereocenters. The zero-order valence-electron chi connectivity index (χ0n) is 27.1. The molecule has 3 nitrogen and oxygen atoms in total. The lowest BCUT2D eigenvalue weighted by Gasteiger charge is -2.36. The van der Waals surface area contributed by atoms with Gasteiger partial charge >= 0.3 is 0 Å². The Bertz CT molecular complexity index is 2440. The van der Waals surface area contributed by atoms with Crippen LogP contribution in [0.3, 0.4) is 0 Å². The Morgan fingerprint density at radius 2 is 1.29 bits per heavy atom. The minimum atomic E-state index is -0.440. The first-order chi connectivity index (χ1) is 23.4. The molecule has 0 radical (unpaired) electrons. The van der Waals surface area contributed by atoms with Gasteiger partial charge in [-0.25, -0.2) is 9.38 Å². The highest BCUT2D eigenvalue weighted by Gasteiger charge is 2.39. The first-order valence-corrected chi connectivity index (χ1v) is 16.5. The number of fused-ring (bicyclic) bond motifs is 7. The largest absolute Gasteiger partial charge is 0.346 e. The highest BCUT2D eigenvalue weighted by atomic mass is 19.1. The van der Waals surface area contributed by atoms with Crippen LogP contribution in [0, 0.1) is 5.82 Å². The van der Waals surface area contributed by atoms with E-state index in [1.807, 2.05) is 12.1 Å². The third kappa shape index (κ3) is 4.29. The number of aliphatic imine (C=N–C) groups is 1. The summed E-state index contributed by atoms with van der Waals surface area (Å²) in [6.07, 6.45) is -0.440. The Morgan fingerprint density at radius 1 is 0.625 bits per heavy atom. The average molecular weight is 624 g/mol. The number of anilines is 2. The summed E-state index contributed by atoms with van der Waals surface area (Å²) in [7, 11) is 2.15. The van der Waals surface area contributed by atoms with E-state index in [9.17, 15) is 4.39 Å². The summed E-state index contributed by atoms with van der Waals surface area (Å²) < 4.78 is 14.1. The van der Waals surface area contributed by atoms with E-state index in [1.165, 1.54) is 45.2 Å². The summed E-state index contributed by atoms with van der Waals surface area (Å²) in [5.41, 5.74) is 12.2. The van der Waals surface area contributed by atoms with Crippen molar-refractivity contribution in [1.82, 2.24) is 0 Å². The Hall–Kier alpha value is -5.74. The van der Waals surface area contributed by atoms with Crippen molar-refractivity contribution in [3.8, 4) is 22.3 Å². The van der Waals surface area contributed by atoms with Crippen LogP contribution in [0.1, 0.15) is 36.1 Å². The lowest BCUT2D eigenvalue weighted by atomic mass is 9.82. The van der Waals surface area contributed by atoms with Crippen LogP contribution in [-0.4, -0.2) is 19.0 Å². The number of hydrogen-bond donors (Lipinski definition) is 1. The molecule has 0 fully saturated rings. The van der Waals surface area contributed by atoms with Gasteiger partial charge < -0.3 is 10.2 Å². The van der Waals surface area contributed by atoms with Gasteiger partial charge in [0.2, 0.25) is 0 Å². The van der Waals surface area contributed by atoms with Gasteiger partial charge in [0.05, 0.1) is 17.1 Å². The van der Waals surface area contributed by atoms with Crippen molar-refractivity contribution >= 4 is 38.6 Å². The lowest BCUT2D eigenvalue weighted by molar-refractivity contribution is 0.627. The van der Waals surface area contributed by atoms with Gasteiger partial charge in [-0.15, -0.1) is 0 Å². The Morgan fingerprint density at radius 3 is 2.12 bits per heavy atom. The third-order valence-corrected chi connectivity index (χ3v) is 10.3. The number of benzene rings is 7. The maximum atomic E-state index is 14.1. The molecule has 0 bridgehead atoms. The molecule has 0 aromatic heterocycles. The van der Waals surface area contributed by atoms with E-state index >= 15 is 0 Å². The molecule has 4 heteroatoms. The lowest BCUT2D eigenvalue weighted by Crippen LogP contribution is -2.41. The molecule has 232 valence electrons. The molecule has 1 aliphatic heterocycles. The molecule has 1 heterocycles. The van der Waals surface area contributed by atoms with Crippen LogP contribution in [0.4, 0.5) is 15.8 Å². The molecular formula is C44H34FN3. The van der Waals surface area contributed by atoms with Gasteiger partial charge in [0, 0.05) is 40.1 Å². The quantitative estimate of drug-likeness (QED) is 0.211. The molecule has 7 aromatic carbocycles. The van der Waals surface area contributed by atoms with Gasteiger partial charge in [-0.05, 0) is 68.7 Å². The van der Waals surface area contributed by atoms with Crippen LogP contribution in [0.15, 0.2) is 145 Å². The molecule has 0 amide bonds. The standard InChI is InChI=1S/C44H34FN3/c1-44(2)37-15-9-8-14-35(37)39-38(44)25-24-34(31-17-16-27-10-4-5-12-30(27)26-31)42(39)48(3)43-46-40(29-18-21-32(45)22-19-29)36-23-20-28-11-6-7-13-33(28)41(36)47-43/h4-26,43,47H,1-3H3. The van der Waals surface area contributed by atoms with Gasteiger partial charge in [0.25, 0.3) is 0 Å². The normalized spacial score (nSPS) is 15.8. The molecule has 1 N–H and O–H groups in total. The SMILES string of the molecule is CN(c1c(-c2ccc3ccccc3c2)ccc2c1-c1ccccc1C2(C)C)C1N=C(c2ccc(F)cc2)c2ccc3ccccc3c2N1. The van der Waals surface area contributed by atoms with Crippen LogP contribution in [0.5, 0.6) is 0 Å². The predicted octanol–water partition coefficient (Wildman–Crippen LogP) is 10.8. The first kappa shape index (κ1) is 28.5. The van der Waals surface area contributed by atoms with Crippen molar-refractivity contribution in [2.75, 3.05) is 17.3 Å². The average Bonchev–Trinajstić information content (AvgIpc) is 3.36. The zero-order chi connectivity index (χ0) is 32.6. The smallest absolute Gasteiger partial charge is 0.197 e. The van der Waals surface area contributed by atoms with Gasteiger partial charge in [0.15, 0.2) is 6.29 Å². The molecular weight excluding hydrogens is 590 g/mol. The van der Waals surface area contributed by atoms with Crippen molar-refractivity contribution in [3.63, 3.8) is 0 Å². The second kappa shape index (κ2) is 10.6. The minimum absolute atomic E-state index is 0.158. The summed E-state index contributed by atoms with van der Waals surface area (Å²) in [4.78, 5) is 7.72. The van der Waals surface area contributed by atoms with Crippen LogP contribution in [0.25, 0.3) is 43.8 Å². The van der Waals surface area contributed by atoms with Crippen molar-refractivity contribution in [3.05, 3.63) is 168 Å². The van der Waals surface area contributed by atoms with Gasteiger partial charge in [-0.3, -0.25) is 0 Å². The van der Waals surface area contributed by atoms with Crippen LogP contribution >= 0.6 is 0 Å². The van der Waals surface area contributed by atoms with Crippen molar-refractivity contribution in [2.45, 2.75) is 25.6 Å². The van der Waals surface area contributed by atoms with E-state index < -0.39 is 6.29 Å². The fourth-order valence-electron chi connectivity index (χ4n) is 7.85. The topological polar surface area (TPSA) is 27.6 Å². The second-order valence-electron chi connectivity index (χ2n) is 13.4. The molecule has 1 unspecified atom stereocenters. The fraction of sp³-hybridized carbons (Fsp3) is 0.114. The summed E-state index contributed by atoms with van der Waals surface area (Å²) in [6.45, 7) is 4.65. The molecule has 9 rings (SSSR count). The summed E-state index contributed by atoms with van der Waals surface area (Å²) in [5, 5.41) is 8.56. The van der Waals surface area contributed by atoms with E-state index in [0.717, 1.165) is 50.1 Å². The van der Waals surface area contributed by atoms with Crippen molar-refractivity contribution in [2.24, 2.45) is 4.99 Å². The van der Waals surface area contributed by atoms with E-state index in [0.29, 0.717) is 0 Å². The number of nitrogens with zero attached hydrogens (tertiary/aromatic N) is 2. The van der Waals surface area contributed by atoms with Gasteiger partial charge in [-0.1, -0.05) is 123 Å². The molecule has 48 heavy (non-hydrogen) atoms. The Labute approximate surface area is 280 Å². The summed E-state index contributed by atoms with van der Waals surface area (Å²) in [6, 6.07) is 48.1. The maximum Gasteiger partial charge on any atom is 0.197 e. The van der Waals surface area contributed by atoms with Crippen molar-refractivity contribution in [1.29, 1.82) is 0 Å². The van der Waals surface area contributed by atoms with Crippen LogP contribution in [0.2, 0.25) is 0 Å². The van der Waals surface area contributed by atoms with Crippen LogP contribution < -0.4 is 10.2 Å². The fourth-order valence-corrected chi connectivity index (χ4v) is 7.85. The Balaban J connectivity index is 1.30. The second-order valence-corrected chi connectivity index (χ2v) is 13.4. The molecule has 1 aliphatic carbocycles. The van der Waals surface area contributed by atoms with Gasteiger partial charge in [-0.2, -0.15) is 0 Å². The minimum Gasteiger partial charge on any atom is -0.346 e. The van der Waals surface area contributed by atoms with E-state index in [-0.39, 0.29) is 11.2 Å². The predicted molar refractivity (Wildman–Crippen MR) is 199 cm³/mol. The van der Waals surface area contributed by atoms with Crippen molar-refractivity contribution < 1.29 is 4.39 Å². The maximum absolute atomic E-state index is 14.1. The molecule has 0 saturated heterocycles. The first-order valence-electron chi connectivity index (χ1n) is 16.5. The number of rotatable bonds is 4. The molecule has 0 saturated carbocycles. The number of hydrogen-bond acceptors (Lipinski definition) is 3. The number of nitrogens with one attached hydrogen (secondary N) is 1. The van der Waals surface area contributed by atoms with Crippen LogP contribution in [-0.2, 0) is 5.41 Å². The molecule has 0 spiro atoms. The molecule has 7 aromatic rings. The highest BCUT2D eigenvalue weighted by Crippen LogP contribution is 2.55. The van der Waals surface area contributed by atoms with Gasteiger partial charge in [0.1, 0.15) is 5.82 Å².